The van der Waals surface area contributed by atoms with Gasteiger partial charge in [-0.05, 0) is 62.1 Å². The first-order valence-electron chi connectivity index (χ1n) is 13.5. The Bertz CT molecular complexity index is 1160. The lowest BCUT2D eigenvalue weighted by Crippen LogP contribution is -2.42. The molecule has 0 radical (unpaired) electrons. The van der Waals surface area contributed by atoms with E-state index in [0.29, 0.717) is 31.1 Å². The van der Waals surface area contributed by atoms with Gasteiger partial charge in [-0.2, -0.15) is 8.78 Å². The molecule has 2 aliphatic carbocycles. The van der Waals surface area contributed by atoms with Gasteiger partial charge >= 0.3 is 6.61 Å². The highest BCUT2D eigenvalue weighted by atomic mass is 35.5. The number of alkyl halides is 2. The minimum Gasteiger partial charge on any atom is -0.489 e. The summed E-state index contributed by atoms with van der Waals surface area (Å²) < 4.78 is 42.1. The van der Waals surface area contributed by atoms with E-state index in [4.69, 9.17) is 14.9 Å². The van der Waals surface area contributed by atoms with Gasteiger partial charge in [0.1, 0.15) is 0 Å². The van der Waals surface area contributed by atoms with Crippen LogP contribution in [0, 0.1) is 11.3 Å². The molecule has 2 saturated carbocycles. The van der Waals surface area contributed by atoms with E-state index in [2.05, 4.69) is 15.0 Å². The fourth-order valence-corrected chi connectivity index (χ4v) is 4.91. The predicted octanol–water partition coefficient (Wildman–Crippen LogP) is 5.33. The Hall–Kier alpha value is -2.92. The zero-order valence-corrected chi connectivity index (χ0v) is 24.0. The number of hydrogen-bond acceptors (Lipinski definition) is 7. The van der Waals surface area contributed by atoms with Crippen molar-refractivity contribution in [1.29, 1.82) is 0 Å². The highest BCUT2D eigenvalue weighted by Crippen LogP contribution is 2.40. The van der Waals surface area contributed by atoms with E-state index in [1.807, 2.05) is 0 Å². The first-order valence-corrected chi connectivity index (χ1v) is 13.5. The van der Waals surface area contributed by atoms with Crippen LogP contribution in [-0.4, -0.2) is 55.6 Å². The van der Waals surface area contributed by atoms with Crippen LogP contribution in [0.4, 0.5) is 8.78 Å². The van der Waals surface area contributed by atoms with Gasteiger partial charge in [-0.1, -0.05) is 19.3 Å². The van der Waals surface area contributed by atoms with Gasteiger partial charge in [0.2, 0.25) is 11.8 Å². The van der Waals surface area contributed by atoms with Crippen LogP contribution >= 0.6 is 12.4 Å². The van der Waals surface area contributed by atoms with E-state index in [1.54, 1.807) is 25.9 Å². The Kier molecular flexibility index (Phi) is 10.8. The number of aromatic nitrogens is 1. The predicted molar refractivity (Wildman–Crippen MR) is 148 cm³/mol. The second-order valence-corrected chi connectivity index (χ2v) is 11.0. The lowest BCUT2D eigenvalue weighted by molar-refractivity contribution is -0.131. The Morgan fingerprint density at radius 3 is 2.50 bits per heavy atom. The standard InChI is InChI=1S/C28H38F2N4O5.ClH/c1-17(31)24-23(25(36)32-16-28(11-5-4-6-12-28)14-22(35)34(2)3)33-26(39-24)19-9-10-20(38-27(29)30)21(13-19)37-15-18-7-8-18;/h9-10,13,17-18,27H,4-8,11-12,14-16,31H2,1-3H3,(H,32,36);1H/t17-;/m0./s1. The number of oxazole rings is 1. The quantitative estimate of drug-likeness (QED) is 0.346. The molecule has 0 spiro atoms. The third kappa shape index (κ3) is 8.06. The van der Waals surface area contributed by atoms with Crippen LogP contribution in [0.25, 0.3) is 11.5 Å². The molecule has 0 unspecified atom stereocenters. The molecule has 3 N–H and O–H groups in total. The third-order valence-corrected chi connectivity index (χ3v) is 7.42. The van der Waals surface area contributed by atoms with Gasteiger partial charge in [0, 0.05) is 32.6 Å². The van der Waals surface area contributed by atoms with Crippen molar-refractivity contribution in [2.75, 3.05) is 27.2 Å². The van der Waals surface area contributed by atoms with Crippen molar-refractivity contribution in [1.82, 2.24) is 15.2 Å². The summed E-state index contributed by atoms with van der Waals surface area (Å²) >= 11 is 0. The fourth-order valence-electron chi connectivity index (χ4n) is 4.91. The molecule has 0 bridgehead atoms. The molecule has 2 amide bonds. The molecule has 1 heterocycles. The first-order chi connectivity index (χ1) is 18.6. The third-order valence-electron chi connectivity index (χ3n) is 7.42. The number of carbonyl (C=O) groups excluding carboxylic acids is 2. The number of carbonyl (C=O) groups is 2. The highest BCUT2D eigenvalue weighted by Gasteiger charge is 2.36. The summed E-state index contributed by atoms with van der Waals surface area (Å²) in [6.07, 6.45) is 7.26. The molecular formula is C28H39ClF2N4O5. The van der Waals surface area contributed by atoms with E-state index in [9.17, 15) is 18.4 Å². The number of benzene rings is 1. The first kappa shape index (κ1) is 31.6. The van der Waals surface area contributed by atoms with Gasteiger partial charge in [0.15, 0.2) is 23.0 Å². The van der Waals surface area contributed by atoms with Gasteiger partial charge in [0.05, 0.1) is 12.6 Å². The summed E-state index contributed by atoms with van der Waals surface area (Å²) in [5, 5.41) is 2.98. The van der Waals surface area contributed by atoms with Crippen LogP contribution in [0.1, 0.15) is 80.6 Å². The molecule has 1 aromatic carbocycles. The molecule has 2 aliphatic rings. The van der Waals surface area contributed by atoms with E-state index in [-0.39, 0.29) is 52.6 Å². The van der Waals surface area contributed by atoms with Crippen molar-refractivity contribution in [3.8, 4) is 23.0 Å². The Labute approximate surface area is 239 Å². The van der Waals surface area contributed by atoms with E-state index in [1.165, 1.54) is 18.2 Å². The average molecular weight is 585 g/mol. The topological polar surface area (TPSA) is 120 Å². The molecule has 40 heavy (non-hydrogen) atoms. The zero-order valence-electron chi connectivity index (χ0n) is 23.2. The average Bonchev–Trinajstić information content (AvgIpc) is 3.61. The van der Waals surface area contributed by atoms with Gasteiger partial charge in [-0.3, -0.25) is 9.59 Å². The smallest absolute Gasteiger partial charge is 0.387 e. The second-order valence-electron chi connectivity index (χ2n) is 11.0. The molecule has 222 valence electrons. The molecule has 1 atom stereocenters. The number of rotatable bonds is 12. The molecule has 9 nitrogen and oxygen atoms in total. The van der Waals surface area contributed by atoms with Crippen molar-refractivity contribution < 1.29 is 32.3 Å². The normalized spacial score (nSPS) is 17.1. The van der Waals surface area contributed by atoms with Crippen molar-refractivity contribution >= 4 is 24.2 Å². The van der Waals surface area contributed by atoms with Crippen LogP contribution in [0.3, 0.4) is 0 Å². The fraction of sp³-hybridized carbons (Fsp3) is 0.607. The zero-order chi connectivity index (χ0) is 28.2. The van der Waals surface area contributed by atoms with E-state index in [0.717, 1.165) is 44.9 Å². The second kappa shape index (κ2) is 13.6. The lowest BCUT2D eigenvalue weighted by atomic mass is 9.71. The molecule has 4 rings (SSSR count). The number of nitrogens with two attached hydrogens (primary N) is 1. The molecule has 1 aromatic heterocycles. The van der Waals surface area contributed by atoms with E-state index >= 15 is 0 Å². The summed E-state index contributed by atoms with van der Waals surface area (Å²) in [5.74, 6) is 0.371. The Morgan fingerprint density at radius 2 is 1.90 bits per heavy atom. The number of halogens is 3. The molecule has 12 heteroatoms. The summed E-state index contributed by atoms with van der Waals surface area (Å²) in [7, 11) is 3.47. The van der Waals surface area contributed by atoms with Crippen molar-refractivity contribution in [2.45, 2.75) is 70.9 Å². The van der Waals surface area contributed by atoms with Gasteiger partial charge < -0.3 is 29.8 Å². The van der Waals surface area contributed by atoms with Crippen molar-refractivity contribution in [3.05, 3.63) is 29.7 Å². The Balaban J connectivity index is 0.00000441. The molecular weight excluding hydrogens is 546 g/mol. The molecule has 2 fully saturated rings. The highest BCUT2D eigenvalue weighted by molar-refractivity contribution is 5.94. The lowest BCUT2D eigenvalue weighted by Gasteiger charge is -2.37. The number of hydrogen-bond donors (Lipinski definition) is 2. The Morgan fingerprint density at radius 1 is 1.20 bits per heavy atom. The summed E-state index contributed by atoms with van der Waals surface area (Å²) in [4.78, 5) is 31.9. The summed E-state index contributed by atoms with van der Waals surface area (Å²) in [5.41, 5.74) is 6.29. The number of nitrogens with zero attached hydrogens (tertiary/aromatic N) is 2. The maximum atomic E-state index is 13.3. The molecule has 0 saturated heterocycles. The van der Waals surface area contributed by atoms with Crippen molar-refractivity contribution in [2.24, 2.45) is 17.1 Å². The van der Waals surface area contributed by atoms with Crippen molar-refractivity contribution in [3.63, 3.8) is 0 Å². The van der Waals surface area contributed by atoms with Crippen LogP contribution in [0.15, 0.2) is 22.6 Å². The molecule has 0 aliphatic heterocycles. The number of nitrogens with one attached hydrogen (secondary N) is 1. The van der Waals surface area contributed by atoms with Crippen LogP contribution in [0.2, 0.25) is 0 Å². The SMILES string of the molecule is C[C@H](N)c1oc(-c2ccc(OC(F)F)c(OCC3CC3)c2)nc1C(=O)NCC1(CC(=O)N(C)C)CCCCC1.Cl. The minimum absolute atomic E-state index is 0. The number of ether oxygens (including phenoxy) is 2. The van der Waals surface area contributed by atoms with Gasteiger partial charge in [-0.25, -0.2) is 4.98 Å². The van der Waals surface area contributed by atoms with Crippen LogP contribution in [-0.2, 0) is 4.79 Å². The van der Waals surface area contributed by atoms with E-state index < -0.39 is 18.6 Å². The maximum absolute atomic E-state index is 13.3. The number of amides is 2. The molecule has 2 aromatic rings. The monoisotopic (exact) mass is 584 g/mol. The van der Waals surface area contributed by atoms with Crippen LogP contribution in [0.5, 0.6) is 11.5 Å². The summed E-state index contributed by atoms with van der Waals surface area (Å²) in [6, 6.07) is 3.78. The largest absolute Gasteiger partial charge is 0.489 e. The summed E-state index contributed by atoms with van der Waals surface area (Å²) in [6.45, 7) is -0.583. The van der Waals surface area contributed by atoms with Gasteiger partial charge in [0.25, 0.3) is 5.91 Å². The minimum atomic E-state index is -3.00. The maximum Gasteiger partial charge on any atom is 0.387 e. The van der Waals surface area contributed by atoms with Crippen LogP contribution < -0.4 is 20.5 Å². The van der Waals surface area contributed by atoms with Gasteiger partial charge in [-0.15, -0.1) is 12.4 Å².